The van der Waals surface area contributed by atoms with Gasteiger partial charge in [0.1, 0.15) is 17.7 Å². The van der Waals surface area contributed by atoms with E-state index in [0.717, 1.165) is 24.2 Å². The summed E-state index contributed by atoms with van der Waals surface area (Å²) in [6.07, 6.45) is 3.38. The van der Waals surface area contributed by atoms with E-state index in [4.69, 9.17) is 10.5 Å². The van der Waals surface area contributed by atoms with E-state index in [0.29, 0.717) is 24.5 Å². The van der Waals surface area contributed by atoms with E-state index in [1.54, 1.807) is 18.3 Å². The lowest BCUT2D eigenvalue weighted by Gasteiger charge is -2.32. The highest BCUT2D eigenvalue weighted by atomic mass is 16.5. The third kappa shape index (κ3) is 3.67. The van der Waals surface area contributed by atoms with E-state index in [-0.39, 0.29) is 12.0 Å². The van der Waals surface area contributed by atoms with Crippen molar-refractivity contribution in [3.63, 3.8) is 0 Å². The molecule has 5 nitrogen and oxygen atoms in total. The maximum Gasteiger partial charge on any atom is 0.254 e. The standard InChI is InChI=1S/C19H23N3O2/c1-13-3-4-14(2)17(11-13)24-16-6-9-22(10-7-16)19(23)15-5-8-21-18(20)12-15/h3-5,8,11-12,16H,6-7,9-10H2,1-2H3,(H2,20,21). The van der Waals surface area contributed by atoms with Crippen molar-refractivity contribution >= 4 is 11.7 Å². The lowest BCUT2D eigenvalue weighted by Crippen LogP contribution is -2.41. The molecular weight excluding hydrogens is 302 g/mol. The summed E-state index contributed by atoms with van der Waals surface area (Å²) in [6, 6.07) is 9.58. The molecule has 24 heavy (non-hydrogen) atoms. The Morgan fingerprint density at radius 3 is 2.67 bits per heavy atom. The minimum absolute atomic E-state index is 0.00860. The van der Waals surface area contributed by atoms with Crippen LogP contribution >= 0.6 is 0 Å². The number of hydrogen-bond acceptors (Lipinski definition) is 4. The number of anilines is 1. The van der Waals surface area contributed by atoms with Gasteiger partial charge in [-0.1, -0.05) is 12.1 Å². The summed E-state index contributed by atoms with van der Waals surface area (Å²) in [7, 11) is 0. The molecule has 1 aromatic heterocycles. The lowest BCUT2D eigenvalue weighted by atomic mass is 10.1. The highest BCUT2D eigenvalue weighted by Crippen LogP contribution is 2.24. The third-order valence-corrected chi connectivity index (χ3v) is 4.39. The van der Waals surface area contributed by atoms with Crippen LogP contribution in [0, 0.1) is 13.8 Å². The molecule has 0 aliphatic carbocycles. The molecule has 1 fully saturated rings. The third-order valence-electron chi connectivity index (χ3n) is 4.39. The molecule has 3 rings (SSSR count). The number of aromatic nitrogens is 1. The number of hydrogen-bond donors (Lipinski definition) is 1. The molecule has 1 aromatic carbocycles. The van der Waals surface area contributed by atoms with Crippen molar-refractivity contribution in [2.45, 2.75) is 32.8 Å². The molecule has 1 aliphatic heterocycles. The Morgan fingerprint density at radius 2 is 1.96 bits per heavy atom. The van der Waals surface area contributed by atoms with Crippen LogP contribution in [0.4, 0.5) is 5.82 Å². The molecule has 2 aromatic rings. The first-order chi connectivity index (χ1) is 11.5. The van der Waals surface area contributed by atoms with Gasteiger partial charge in [0.15, 0.2) is 0 Å². The SMILES string of the molecule is Cc1ccc(C)c(OC2CCN(C(=O)c3ccnc(N)c3)CC2)c1. The molecule has 5 heteroatoms. The lowest BCUT2D eigenvalue weighted by molar-refractivity contribution is 0.0594. The molecule has 0 radical (unpaired) electrons. The normalized spacial score (nSPS) is 15.3. The minimum atomic E-state index is 0.00860. The van der Waals surface area contributed by atoms with Gasteiger partial charge in [0.25, 0.3) is 5.91 Å². The predicted molar refractivity (Wildman–Crippen MR) is 94.1 cm³/mol. The summed E-state index contributed by atoms with van der Waals surface area (Å²) in [4.78, 5) is 18.3. The number of nitrogens with zero attached hydrogens (tertiary/aromatic N) is 2. The van der Waals surface area contributed by atoms with Crippen LogP contribution in [0.5, 0.6) is 5.75 Å². The van der Waals surface area contributed by atoms with Crippen molar-refractivity contribution in [2.24, 2.45) is 0 Å². The number of pyridine rings is 1. The summed E-state index contributed by atoms with van der Waals surface area (Å²) in [5.74, 6) is 1.32. The van der Waals surface area contributed by atoms with Crippen molar-refractivity contribution in [1.82, 2.24) is 9.88 Å². The molecular formula is C19H23N3O2. The topological polar surface area (TPSA) is 68.5 Å². The summed E-state index contributed by atoms with van der Waals surface area (Å²) >= 11 is 0. The molecule has 0 spiro atoms. The highest BCUT2D eigenvalue weighted by Gasteiger charge is 2.25. The molecule has 126 valence electrons. The van der Waals surface area contributed by atoms with Gasteiger partial charge in [-0.05, 0) is 43.2 Å². The van der Waals surface area contributed by atoms with E-state index in [9.17, 15) is 4.79 Å². The first-order valence-corrected chi connectivity index (χ1v) is 8.27. The van der Waals surface area contributed by atoms with E-state index in [1.165, 1.54) is 5.56 Å². The highest BCUT2D eigenvalue weighted by molar-refractivity contribution is 5.94. The molecule has 0 saturated carbocycles. The van der Waals surface area contributed by atoms with Gasteiger partial charge in [-0.15, -0.1) is 0 Å². The largest absolute Gasteiger partial charge is 0.490 e. The second-order valence-corrected chi connectivity index (χ2v) is 6.35. The van der Waals surface area contributed by atoms with Gasteiger partial charge < -0.3 is 15.4 Å². The van der Waals surface area contributed by atoms with Gasteiger partial charge in [0, 0.05) is 37.7 Å². The zero-order chi connectivity index (χ0) is 17.1. The number of nitrogens with two attached hydrogens (primary N) is 1. The number of ether oxygens (including phenoxy) is 1. The van der Waals surface area contributed by atoms with E-state index in [2.05, 4.69) is 37.0 Å². The van der Waals surface area contributed by atoms with Gasteiger partial charge in [-0.2, -0.15) is 0 Å². The summed E-state index contributed by atoms with van der Waals surface area (Å²) in [5.41, 5.74) is 8.59. The van der Waals surface area contributed by atoms with Gasteiger partial charge >= 0.3 is 0 Å². The van der Waals surface area contributed by atoms with Crippen LogP contribution in [0.1, 0.15) is 34.3 Å². The Labute approximate surface area is 142 Å². The maximum atomic E-state index is 12.5. The van der Waals surface area contributed by atoms with Gasteiger partial charge in [-0.25, -0.2) is 4.98 Å². The number of carbonyl (C=O) groups is 1. The fourth-order valence-electron chi connectivity index (χ4n) is 2.95. The van der Waals surface area contributed by atoms with Crippen LogP contribution in [0.3, 0.4) is 0 Å². The van der Waals surface area contributed by atoms with E-state index >= 15 is 0 Å². The number of piperidine rings is 1. The number of likely N-dealkylation sites (tertiary alicyclic amines) is 1. The number of benzene rings is 1. The van der Waals surface area contributed by atoms with E-state index in [1.807, 2.05) is 4.90 Å². The number of nitrogen functional groups attached to an aromatic ring is 1. The monoisotopic (exact) mass is 325 g/mol. The Morgan fingerprint density at radius 1 is 1.21 bits per heavy atom. The molecule has 1 amide bonds. The molecule has 0 atom stereocenters. The molecule has 1 saturated heterocycles. The van der Waals surface area contributed by atoms with Crippen LogP contribution in [-0.4, -0.2) is 35.0 Å². The van der Waals surface area contributed by atoms with E-state index < -0.39 is 0 Å². The Kier molecular flexibility index (Phi) is 4.69. The fourth-order valence-corrected chi connectivity index (χ4v) is 2.95. The molecule has 0 unspecified atom stereocenters. The fraction of sp³-hybridized carbons (Fsp3) is 0.368. The van der Waals surface area contributed by atoms with Crippen LogP contribution in [0.2, 0.25) is 0 Å². The molecule has 0 bridgehead atoms. The molecule has 2 heterocycles. The minimum Gasteiger partial charge on any atom is -0.490 e. The average Bonchev–Trinajstić information content (AvgIpc) is 2.58. The smallest absolute Gasteiger partial charge is 0.254 e. The van der Waals surface area contributed by atoms with Crippen molar-refractivity contribution in [3.8, 4) is 5.75 Å². The predicted octanol–water partition coefficient (Wildman–Crippen LogP) is 2.96. The van der Waals surface area contributed by atoms with Crippen LogP contribution in [0.25, 0.3) is 0 Å². The Balaban J connectivity index is 1.59. The average molecular weight is 325 g/mol. The maximum absolute atomic E-state index is 12.5. The van der Waals surface area contributed by atoms with Crippen molar-refractivity contribution in [1.29, 1.82) is 0 Å². The van der Waals surface area contributed by atoms with Gasteiger partial charge in [0.05, 0.1) is 0 Å². The Bertz CT molecular complexity index is 737. The van der Waals surface area contributed by atoms with Crippen molar-refractivity contribution < 1.29 is 9.53 Å². The zero-order valence-corrected chi connectivity index (χ0v) is 14.2. The molecule has 1 aliphatic rings. The second kappa shape index (κ2) is 6.91. The van der Waals surface area contributed by atoms with Gasteiger partial charge in [0.2, 0.25) is 0 Å². The Hall–Kier alpha value is -2.56. The number of aryl methyl sites for hydroxylation is 2. The number of carbonyl (C=O) groups excluding carboxylic acids is 1. The summed E-state index contributed by atoms with van der Waals surface area (Å²) in [6.45, 7) is 5.50. The second-order valence-electron chi connectivity index (χ2n) is 6.35. The summed E-state index contributed by atoms with van der Waals surface area (Å²) in [5, 5.41) is 0. The summed E-state index contributed by atoms with van der Waals surface area (Å²) < 4.78 is 6.15. The van der Waals surface area contributed by atoms with Crippen molar-refractivity contribution in [3.05, 3.63) is 53.2 Å². The first kappa shape index (κ1) is 16.3. The van der Waals surface area contributed by atoms with Crippen molar-refractivity contribution in [2.75, 3.05) is 18.8 Å². The van der Waals surface area contributed by atoms with Crippen LogP contribution < -0.4 is 10.5 Å². The number of amides is 1. The van der Waals surface area contributed by atoms with Crippen LogP contribution in [-0.2, 0) is 0 Å². The first-order valence-electron chi connectivity index (χ1n) is 8.27. The molecule has 2 N–H and O–H groups in total. The number of rotatable bonds is 3. The van der Waals surface area contributed by atoms with Crippen LogP contribution in [0.15, 0.2) is 36.5 Å². The zero-order valence-electron chi connectivity index (χ0n) is 14.2. The quantitative estimate of drug-likeness (QED) is 0.942. The van der Waals surface area contributed by atoms with Gasteiger partial charge in [-0.3, -0.25) is 4.79 Å².